The number of ether oxygens (including phenoxy) is 1. The molecule has 0 amide bonds. The smallest absolute Gasteiger partial charge is 0.119 e. The van der Waals surface area contributed by atoms with Crippen LogP contribution < -0.4 is 10.5 Å². The number of aliphatic hydroxyl groups excluding tert-OH is 1. The number of benzene rings is 2. The average Bonchev–Trinajstić information content (AvgIpc) is 2.46. The Bertz CT molecular complexity index is 508. The highest BCUT2D eigenvalue weighted by Crippen LogP contribution is 2.14. The van der Waals surface area contributed by atoms with Crippen LogP contribution in [0.4, 0.5) is 5.69 Å². The van der Waals surface area contributed by atoms with Gasteiger partial charge in [-0.15, -0.1) is 0 Å². The summed E-state index contributed by atoms with van der Waals surface area (Å²) in [4.78, 5) is 0. The van der Waals surface area contributed by atoms with Crippen molar-refractivity contribution in [2.45, 2.75) is 19.4 Å². The minimum absolute atomic E-state index is 0.0443. The van der Waals surface area contributed by atoms with Crippen LogP contribution in [0.25, 0.3) is 0 Å². The molecule has 3 N–H and O–H groups in total. The number of anilines is 1. The van der Waals surface area contributed by atoms with Gasteiger partial charge in [-0.05, 0) is 48.2 Å². The number of nitrogen functional groups attached to an aromatic ring is 1. The average molecular weight is 257 g/mol. The van der Waals surface area contributed by atoms with Gasteiger partial charge in [-0.2, -0.15) is 0 Å². The van der Waals surface area contributed by atoms with Gasteiger partial charge in [0.15, 0.2) is 0 Å². The molecule has 0 aromatic heterocycles. The molecule has 0 heterocycles. The highest BCUT2D eigenvalue weighted by molar-refractivity contribution is 5.39. The summed E-state index contributed by atoms with van der Waals surface area (Å²) < 4.78 is 5.66. The maximum Gasteiger partial charge on any atom is 0.119 e. The van der Waals surface area contributed by atoms with Crippen LogP contribution >= 0.6 is 0 Å². The van der Waals surface area contributed by atoms with E-state index in [-0.39, 0.29) is 6.61 Å². The molecule has 0 saturated carbocycles. The molecule has 100 valence electrons. The van der Waals surface area contributed by atoms with Gasteiger partial charge in [0.05, 0.1) is 13.2 Å². The Morgan fingerprint density at radius 2 is 1.79 bits per heavy atom. The zero-order valence-corrected chi connectivity index (χ0v) is 10.9. The van der Waals surface area contributed by atoms with Crippen molar-refractivity contribution in [2.75, 3.05) is 12.3 Å². The van der Waals surface area contributed by atoms with Crippen molar-refractivity contribution < 1.29 is 9.84 Å². The minimum atomic E-state index is 0.0443. The lowest BCUT2D eigenvalue weighted by Gasteiger charge is -2.07. The van der Waals surface area contributed by atoms with E-state index in [0.29, 0.717) is 6.61 Å². The van der Waals surface area contributed by atoms with E-state index in [1.54, 1.807) is 0 Å². The molecular formula is C16H19NO2. The number of rotatable bonds is 6. The van der Waals surface area contributed by atoms with Gasteiger partial charge in [-0.25, -0.2) is 0 Å². The van der Waals surface area contributed by atoms with Crippen LogP contribution in [0.3, 0.4) is 0 Å². The standard InChI is InChI=1S/C16H19NO2/c17-15-8-6-13(7-9-15)4-2-10-19-16-5-1-3-14(11-16)12-18/h1,3,5-9,11,18H,2,4,10,12,17H2. The Hall–Kier alpha value is -2.00. The van der Waals surface area contributed by atoms with Crippen LogP contribution in [-0.4, -0.2) is 11.7 Å². The predicted octanol–water partition coefficient (Wildman–Crippen LogP) is 2.77. The third kappa shape index (κ3) is 4.30. The van der Waals surface area contributed by atoms with Gasteiger partial charge in [0.1, 0.15) is 5.75 Å². The molecule has 2 aromatic carbocycles. The maximum atomic E-state index is 9.04. The van der Waals surface area contributed by atoms with E-state index in [1.807, 2.05) is 48.5 Å². The molecule has 0 aliphatic heterocycles. The van der Waals surface area contributed by atoms with Gasteiger partial charge < -0.3 is 15.6 Å². The van der Waals surface area contributed by atoms with Crippen LogP contribution in [-0.2, 0) is 13.0 Å². The van der Waals surface area contributed by atoms with Crippen molar-refractivity contribution in [1.82, 2.24) is 0 Å². The molecule has 0 bridgehead atoms. The first kappa shape index (κ1) is 13.4. The van der Waals surface area contributed by atoms with Crippen molar-refractivity contribution in [3.63, 3.8) is 0 Å². The summed E-state index contributed by atoms with van der Waals surface area (Å²) in [6.45, 7) is 0.710. The summed E-state index contributed by atoms with van der Waals surface area (Å²) in [5.74, 6) is 0.809. The molecule has 2 rings (SSSR count). The number of aryl methyl sites for hydroxylation is 1. The number of hydrogen-bond acceptors (Lipinski definition) is 3. The SMILES string of the molecule is Nc1ccc(CCCOc2cccc(CO)c2)cc1. The lowest BCUT2D eigenvalue weighted by Crippen LogP contribution is -2.00. The van der Waals surface area contributed by atoms with E-state index < -0.39 is 0 Å². The summed E-state index contributed by atoms with van der Waals surface area (Å²) in [7, 11) is 0. The zero-order chi connectivity index (χ0) is 13.5. The Morgan fingerprint density at radius 1 is 1.00 bits per heavy atom. The van der Waals surface area contributed by atoms with Crippen molar-refractivity contribution in [2.24, 2.45) is 0 Å². The van der Waals surface area contributed by atoms with Gasteiger partial charge in [0.2, 0.25) is 0 Å². The Balaban J connectivity index is 1.75. The summed E-state index contributed by atoms with van der Waals surface area (Å²) in [6.07, 6.45) is 1.92. The molecule has 0 aliphatic rings. The molecule has 0 radical (unpaired) electrons. The topological polar surface area (TPSA) is 55.5 Å². The van der Waals surface area contributed by atoms with Gasteiger partial charge in [-0.1, -0.05) is 24.3 Å². The van der Waals surface area contributed by atoms with Gasteiger partial charge in [-0.3, -0.25) is 0 Å². The van der Waals surface area contributed by atoms with Crippen molar-refractivity contribution in [3.8, 4) is 5.75 Å². The third-order valence-electron chi connectivity index (χ3n) is 2.94. The molecule has 0 aliphatic carbocycles. The van der Waals surface area contributed by atoms with E-state index in [4.69, 9.17) is 15.6 Å². The van der Waals surface area contributed by atoms with E-state index in [9.17, 15) is 0 Å². The Labute approximate surface area is 113 Å². The first-order chi connectivity index (χ1) is 9.28. The van der Waals surface area contributed by atoms with Crippen molar-refractivity contribution in [1.29, 1.82) is 0 Å². The summed E-state index contributed by atoms with van der Waals surface area (Å²) in [5.41, 5.74) is 8.57. The van der Waals surface area contributed by atoms with Crippen LogP contribution in [0.15, 0.2) is 48.5 Å². The van der Waals surface area contributed by atoms with Crippen molar-refractivity contribution in [3.05, 3.63) is 59.7 Å². The van der Waals surface area contributed by atoms with Gasteiger partial charge in [0, 0.05) is 5.69 Å². The second kappa shape index (κ2) is 6.81. The molecular weight excluding hydrogens is 238 g/mol. The van der Waals surface area contributed by atoms with Crippen LogP contribution in [0.5, 0.6) is 5.75 Å². The highest BCUT2D eigenvalue weighted by Gasteiger charge is 1.97. The Morgan fingerprint density at radius 3 is 2.53 bits per heavy atom. The highest BCUT2D eigenvalue weighted by atomic mass is 16.5. The van der Waals surface area contributed by atoms with E-state index in [1.165, 1.54) is 5.56 Å². The molecule has 3 heteroatoms. The van der Waals surface area contributed by atoms with Gasteiger partial charge >= 0.3 is 0 Å². The molecule has 0 saturated heterocycles. The molecule has 0 unspecified atom stereocenters. The van der Waals surface area contributed by atoms with E-state index >= 15 is 0 Å². The molecule has 19 heavy (non-hydrogen) atoms. The number of nitrogens with two attached hydrogens (primary N) is 1. The summed E-state index contributed by atoms with van der Waals surface area (Å²) in [6, 6.07) is 15.5. The molecule has 0 spiro atoms. The van der Waals surface area contributed by atoms with Crippen LogP contribution in [0.1, 0.15) is 17.5 Å². The zero-order valence-electron chi connectivity index (χ0n) is 10.9. The summed E-state index contributed by atoms with van der Waals surface area (Å²) >= 11 is 0. The fraction of sp³-hybridized carbons (Fsp3) is 0.250. The predicted molar refractivity (Wildman–Crippen MR) is 77.0 cm³/mol. The lowest BCUT2D eigenvalue weighted by molar-refractivity contribution is 0.278. The van der Waals surface area contributed by atoms with Crippen molar-refractivity contribution >= 4 is 5.69 Å². The first-order valence-corrected chi connectivity index (χ1v) is 6.45. The second-order valence-corrected chi connectivity index (χ2v) is 4.50. The lowest BCUT2D eigenvalue weighted by atomic mass is 10.1. The Kier molecular flexibility index (Phi) is 4.81. The molecule has 2 aromatic rings. The van der Waals surface area contributed by atoms with E-state index in [2.05, 4.69) is 0 Å². The molecule has 0 atom stereocenters. The second-order valence-electron chi connectivity index (χ2n) is 4.50. The number of hydrogen-bond donors (Lipinski definition) is 2. The third-order valence-corrected chi connectivity index (χ3v) is 2.94. The molecule has 3 nitrogen and oxygen atoms in total. The van der Waals surface area contributed by atoms with Crippen LogP contribution in [0.2, 0.25) is 0 Å². The fourth-order valence-corrected chi connectivity index (χ4v) is 1.88. The largest absolute Gasteiger partial charge is 0.494 e. The van der Waals surface area contributed by atoms with Crippen LogP contribution in [0, 0.1) is 0 Å². The summed E-state index contributed by atoms with van der Waals surface area (Å²) in [5, 5.41) is 9.04. The first-order valence-electron chi connectivity index (χ1n) is 6.45. The molecule has 0 fully saturated rings. The van der Waals surface area contributed by atoms with E-state index in [0.717, 1.165) is 29.8 Å². The monoisotopic (exact) mass is 257 g/mol. The normalized spacial score (nSPS) is 10.4. The number of aliphatic hydroxyl groups is 1. The fourth-order valence-electron chi connectivity index (χ4n) is 1.88. The minimum Gasteiger partial charge on any atom is -0.494 e. The maximum absolute atomic E-state index is 9.04. The van der Waals surface area contributed by atoms with Gasteiger partial charge in [0.25, 0.3) is 0 Å². The quantitative estimate of drug-likeness (QED) is 0.618.